The predicted octanol–water partition coefficient (Wildman–Crippen LogP) is 5.39. The fourth-order valence-electron chi connectivity index (χ4n) is 3.38. The van der Waals surface area contributed by atoms with E-state index in [0.29, 0.717) is 22.9 Å². The highest BCUT2D eigenvalue weighted by atomic mass is 32.1. The Labute approximate surface area is 177 Å². The van der Waals surface area contributed by atoms with E-state index in [1.54, 1.807) is 11.1 Å². The lowest BCUT2D eigenvalue weighted by molar-refractivity contribution is 0.0980. The largest absolute Gasteiger partial charge is 0.280 e. The standard InChI is InChI=1S/C24H18N4OS/c1-16-8-7-13-21-22(16)27-24(30-21)28(15-17-9-3-2-4-10-17)23(29)20-14-25-18-11-5-6-12-19(18)26-20/h2-14H,15H2,1H3. The van der Waals surface area contributed by atoms with Gasteiger partial charge < -0.3 is 0 Å². The third-order valence-electron chi connectivity index (χ3n) is 4.94. The second kappa shape index (κ2) is 7.65. The molecule has 0 radical (unpaired) electrons. The first-order valence-electron chi connectivity index (χ1n) is 9.63. The lowest BCUT2D eigenvalue weighted by atomic mass is 10.2. The fraction of sp³-hybridized carbons (Fsp3) is 0.0833. The molecule has 0 N–H and O–H groups in total. The Bertz CT molecular complexity index is 1360. The van der Waals surface area contributed by atoms with Crippen molar-refractivity contribution in [3.63, 3.8) is 0 Å². The van der Waals surface area contributed by atoms with Gasteiger partial charge in [0.2, 0.25) is 0 Å². The number of aryl methyl sites for hydroxylation is 1. The number of carbonyl (C=O) groups excluding carboxylic acids is 1. The molecule has 1 amide bonds. The summed E-state index contributed by atoms with van der Waals surface area (Å²) < 4.78 is 1.06. The zero-order chi connectivity index (χ0) is 20.5. The molecule has 0 unspecified atom stereocenters. The Balaban J connectivity index is 1.60. The van der Waals surface area contributed by atoms with Crippen LogP contribution in [0.25, 0.3) is 21.3 Å². The number of anilines is 1. The lowest BCUT2D eigenvalue weighted by Crippen LogP contribution is -2.31. The third kappa shape index (κ3) is 3.42. The van der Waals surface area contributed by atoms with E-state index < -0.39 is 0 Å². The van der Waals surface area contributed by atoms with Crippen LogP contribution in [0.15, 0.2) is 79.0 Å². The number of hydrogen-bond donors (Lipinski definition) is 0. The van der Waals surface area contributed by atoms with Gasteiger partial charge in [0.1, 0.15) is 5.69 Å². The molecule has 0 saturated heterocycles. The molecule has 0 aliphatic rings. The Morgan fingerprint density at radius 1 is 0.900 bits per heavy atom. The second-order valence-corrected chi connectivity index (χ2v) is 8.05. The number of benzene rings is 3. The number of nitrogens with zero attached hydrogens (tertiary/aromatic N) is 4. The van der Waals surface area contributed by atoms with Crippen LogP contribution < -0.4 is 4.90 Å². The Hall–Kier alpha value is -3.64. The topological polar surface area (TPSA) is 59.0 Å². The normalized spacial score (nSPS) is 11.1. The van der Waals surface area contributed by atoms with Crippen LogP contribution in [0.1, 0.15) is 21.6 Å². The molecule has 0 fully saturated rings. The summed E-state index contributed by atoms with van der Waals surface area (Å²) >= 11 is 1.51. The van der Waals surface area contributed by atoms with E-state index in [1.165, 1.54) is 11.3 Å². The van der Waals surface area contributed by atoms with E-state index in [-0.39, 0.29) is 5.91 Å². The summed E-state index contributed by atoms with van der Waals surface area (Å²) in [5, 5.41) is 0.656. The van der Waals surface area contributed by atoms with Crippen molar-refractivity contribution in [3.8, 4) is 0 Å². The van der Waals surface area contributed by atoms with Gasteiger partial charge in [-0.3, -0.25) is 14.7 Å². The molecule has 2 aromatic heterocycles. The predicted molar refractivity (Wildman–Crippen MR) is 121 cm³/mol. The van der Waals surface area contributed by atoms with Crippen molar-refractivity contribution in [2.45, 2.75) is 13.5 Å². The summed E-state index contributed by atoms with van der Waals surface area (Å²) in [6.07, 6.45) is 1.54. The van der Waals surface area contributed by atoms with Crippen LogP contribution in [-0.4, -0.2) is 20.9 Å². The van der Waals surface area contributed by atoms with Gasteiger partial charge in [0.25, 0.3) is 5.91 Å². The molecule has 0 spiro atoms. The summed E-state index contributed by atoms with van der Waals surface area (Å²) in [6.45, 7) is 2.44. The molecular weight excluding hydrogens is 392 g/mol. The van der Waals surface area contributed by atoms with Gasteiger partial charge in [-0.2, -0.15) is 0 Å². The molecule has 2 heterocycles. The number of hydrogen-bond acceptors (Lipinski definition) is 5. The minimum absolute atomic E-state index is 0.214. The van der Waals surface area contributed by atoms with Gasteiger partial charge in [-0.05, 0) is 36.2 Å². The number of fused-ring (bicyclic) bond motifs is 2. The quantitative estimate of drug-likeness (QED) is 0.398. The molecule has 0 saturated carbocycles. The minimum Gasteiger partial charge on any atom is -0.278 e. The maximum absolute atomic E-state index is 13.5. The lowest BCUT2D eigenvalue weighted by Gasteiger charge is -2.19. The molecule has 6 heteroatoms. The van der Waals surface area contributed by atoms with Gasteiger partial charge in [0.05, 0.1) is 34.0 Å². The first-order valence-corrected chi connectivity index (χ1v) is 10.4. The van der Waals surface area contributed by atoms with Gasteiger partial charge in [0, 0.05) is 0 Å². The zero-order valence-electron chi connectivity index (χ0n) is 16.3. The maximum Gasteiger partial charge on any atom is 0.280 e. The van der Waals surface area contributed by atoms with Crippen LogP contribution in [-0.2, 0) is 6.54 Å². The van der Waals surface area contributed by atoms with Crippen molar-refractivity contribution < 1.29 is 4.79 Å². The molecule has 3 aromatic carbocycles. The van der Waals surface area contributed by atoms with Crippen LogP contribution in [0.4, 0.5) is 5.13 Å². The van der Waals surface area contributed by atoms with E-state index >= 15 is 0 Å². The zero-order valence-corrected chi connectivity index (χ0v) is 17.1. The molecule has 0 aliphatic carbocycles. The first kappa shape index (κ1) is 18.4. The molecule has 5 nitrogen and oxygen atoms in total. The molecule has 0 atom stereocenters. The summed E-state index contributed by atoms with van der Waals surface area (Å²) in [5.74, 6) is -0.214. The minimum atomic E-state index is -0.214. The molecule has 0 aliphatic heterocycles. The molecule has 30 heavy (non-hydrogen) atoms. The van der Waals surface area contributed by atoms with Crippen LogP contribution in [0, 0.1) is 6.92 Å². The average molecular weight is 411 g/mol. The van der Waals surface area contributed by atoms with Crippen molar-refractivity contribution in [2.75, 3.05) is 4.90 Å². The SMILES string of the molecule is Cc1cccc2sc(N(Cc3ccccc3)C(=O)c3cnc4ccccc4n3)nc12. The molecule has 5 rings (SSSR count). The van der Waals surface area contributed by atoms with E-state index in [9.17, 15) is 4.79 Å². The highest BCUT2D eigenvalue weighted by Crippen LogP contribution is 2.32. The van der Waals surface area contributed by atoms with E-state index in [1.807, 2.05) is 79.7 Å². The van der Waals surface area contributed by atoms with Crippen LogP contribution in [0.2, 0.25) is 0 Å². The van der Waals surface area contributed by atoms with Gasteiger partial charge >= 0.3 is 0 Å². The van der Waals surface area contributed by atoms with Crippen LogP contribution in [0.3, 0.4) is 0 Å². The fourth-order valence-corrected chi connectivity index (χ4v) is 4.42. The number of para-hydroxylation sites is 3. The van der Waals surface area contributed by atoms with Crippen molar-refractivity contribution in [2.24, 2.45) is 0 Å². The van der Waals surface area contributed by atoms with E-state index in [4.69, 9.17) is 4.98 Å². The van der Waals surface area contributed by atoms with Gasteiger partial charge in [-0.1, -0.05) is 65.9 Å². The van der Waals surface area contributed by atoms with Crippen molar-refractivity contribution in [1.82, 2.24) is 15.0 Å². The smallest absolute Gasteiger partial charge is 0.278 e. The number of amides is 1. The summed E-state index contributed by atoms with van der Waals surface area (Å²) in [7, 11) is 0. The van der Waals surface area contributed by atoms with Crippen molar-refractivity contribution in [1.29, 1.82) is 0 Å². The second-order valence-electron chi connectivity index (χ2n) is 7.04. The summed E-state index contributed by atoms with van der Waals surface area (Å²) in [6, 6.07) is 23.5. The van der Waals surface area contributed by atoms with Crippen molar-refractivity contribution >= 4 is 43.6 Å². The number of thiazole rings is 1. The molecule has 5 aromatic rings. The van der Waals surface area contributed by atoms with Gasteiger partial charge in [0.15, 0.2) is 5.13 Å². The van der Waals surface area contributed by atoms with Crippen LogP contribution >= 0.6 is 11.3 Å². The van der Waals surface area contributed by atoms with E-state index in [2.05, 4.69) is 9.97 Å². The maximum atomic E-state index is 13.5. The van der Waals surface area contributed by atoms with Crippen molar-refractivity contribution in [3.05, 3.63) is 95.8 Å². The highest BCUT2D eigenvalue weighted by molar-refractivity contribution is 7.22. The Morgan fingerprint density at radius 2 is 1.67 bits per heavy atom. The Kier molecular flexibility index (Phi) is 4.69. The number of rotatable bonds is 4. The molecular formula is C24H18N4OS. The number of carbonyl (C=O) groups is 1. The van der Waals surface area contributed by atoms with Gasteiger partial charge in [-0.15, -0.1) is 0 Å². The average Bonchev–Trinajstić information content (AvgIpc) is 3.23. The Morgan fingerprint density at radius 3 is 2.47 bits per heavy atom. The third-order valence-corrected chi connectivity index (χ3v) is 5.98. The first-order chi connectivity index (χ1) is 14.7. The summed E-state index contributed by atoms with van der Waals surface area (Å²) in [4.78, 5) is 29.0. The van der Waals surface area contributed by atoms with Crippen LogP contribution in [0.5, 0.6) is 0 Å². The monoisotopic (exact) mass is 410 g/mol. The molecule has 146 valence electrons. The van der Waals surface area contributed by atoms with Gasteiger partial charge in [-0.25, -0.2) is 9.97 Å². The summed E-state index contributed by atoms with van der Waals surface area (Å²) in [5.41, 5.74) is 4.80. The molecule has 0 bridgehead atoms. The van der Waals surface area contributed by atoms with E-state index in [0.717, 1.165) is 26.9 Å². The number of aromatic nitrogens is 3. The highest BCUT2D eigenvalue weighted by Gasteiger charge is 2.23.